The highest BCUT2D eigenvalue weighted by atomic mass is 19.2. The second-order valence-electron chi connectivity index (χ2n) is 15.0. The van der Waals surface area contributed by atoms with Crippen molar-refractivity contribution in [2.75, 3.05) is 44.8 Å². The molecule has 5 aromatic carbocycles. The summed E-state index contributed by atoms with van der Waals surface area (Å²) in [5, 5.41) is 9.85. The highest BCUT2D eigenvalue weighted by molar-refractivity contribution is 6.08. The first-order valence-electron chi connectivity index (χ1n) is 21.0. The number of nitrogens with zero attached hydrogens (tertiary/aromatic N) is 5. The van der Waals surface area contributed by atoms with Crippen LogP contribution < -0.4 is 9.64 Å². The summed E-state index contributed by atoms with van der Waals surface area (Å²) in [6.45, 7) is 11.0. The maximum Gasteiger partial charge on any atom is 0.260 e. The summed E-state index contributed by atoms with van der Waals surface area (Å²) in [5.41, 5.74) is 6.25. The molecule has 1 fully saturated rings. The van der Waals surface area contributed by atoms with Gasteiger partial charge in [0.25, 0.3) is 11.8 Å². The molecular formula is C51H53F2N5O4. The predicted molar refractivity (Wildman–Crippen MR) is 239 cm³/mol. The van der Waals surface area contributed by atoms with Crippen LogP contribution in [0.2, 0.25) is 0 Å². The van der Waals surface area contributed by atoms with Gasteiger partial charge in [0.2, 0.25) is 0 Å². The van der Waals surface area contributed by atoms with Crippen molar-refractivity contribution in [3.8, 4) is 23.1 Å². The minimum Gasteiger partial charge on any atom is -0.489 e. The van der Waals surface area contributed by atoms with Crippen LogP contribution in [0.15, 0.2) is 121 Å². The Bertz CT molecular complexity index is 2510. The van der Waals surface area contributed by atoms with Crippen molar-refractivity contribution in [2.24, 2.45) is 7.05 Å². The first kappa shape index (κ1) is 44.9. The molecule has 0 spiro atoms. The van der Waals surface area contributed by atoms with Crippen LogP contribution in [0.25, 0.3) is 11.3 Å². The lowest BCUT2D eigenvalue weighted by Gasteiger charge is -2.29. The number of nitriles is 1. The van der Waals surface area contributed by atoms with E-state index in [0.29, 0.717) is 65.6 Å². The third kappa shape index (κ3) is 10.6. The van der Waals surface area contributed by atoms with Gasteiger partial charge in [-0.15, -0.1) is 0 Å². The Labute approximate surface area is 363 Å². The van der Waals surface area contributed by atoms with Gasteiger partial charge in [0.1, 0.15) is 12.4 Å². The summed E-state index contributed by atoms with van der Waals surface area (Å²) in [7, 11) is 3.84. The number of carbonyl (C=O) groups excluding carboxylic acids is 2. The van der Waals surface area contributed by atoms with Crippen LogP contribution >= 0.6 is 0 Å². The number of rotatable bonds is 9. The van der Waals surface area contributed by atoms with Crippen LogP contribution in [-0.4, -0.2) is 66.1 Å². The Hall–Kier alpha value is -6.61. The average molecular weight is 838 g/mol. The molecule has 1 aromatic heterocycles. The largest absolute Gasteiger partial charge is 0.489 e. The fourth-order valence-electron chi connectivity index (χ4n) is 7.43. The number of halogens is 2. The van der Waals surface area contributed by atoms with Crippen LogP contribution in [0.1, 0.15) is 68.1 Å². The molecule has 320 valence electrons. The lowest BCUT2D eigenvalue weighted by molar-refractivity contribution is 0.0503. The molecule has 1 saturated heterocycles. The maximum absolute atomic E-state index is 15.0. The second kappa shape index (κ2) is 21.3. The second-order valence-corrected chi connectivity index (χ2v) is 15.0. The van der Waals surface area contributed by atoms with Gasteiger partial charge in [-0.25, -0.2) is 8.78 Å². The Kier molecular flexibility index (Phi) is 15.4. The molecule has 2 aliphatic heterocycles. The lowest BCUT2D eigenvalue weighted by Crippen LogP contribution is -2.36. The molecule has 9 nitrogen and oxygen atoms in total. The van der Waals surface area contributed by atoms with Crippen LogP contribution in [0.5, 0.6) is 5.75 Å². The standard InChI is InChI=1S/C44H36F2N4O3.C5H11NO.C2H6/c1-29-37(24-42(48(29)2)38-22-40(45)41(46)23-39(38)43(51)49-21-20-31-12-6-8-14-33(31)26-49)44(52)50(27-34-15-9-7-13-32(34)25-47)35-16-18-36(19-17-35)53-28-30-10-4-3-5-11-30;1-6-2-4-7-5-3-6;1-2/h3-19,22-24H,20-21,26-28H2,1-2H3;2-5H2,1H3;1-2H3. The van der Waals surface area contributed by atoms with Gasteiger partial charge in [0.15, 0.2) is 11.6 Å². The number of morpholine rings is 1. The molecule has 6 aromatic rings. The smallest absolute Gasteiger partial charge is 0.260 e. The fraction of sp³-hybridized carbons (Fsp3) is 0.275. The molecule has 0 N–H and O–H groups in total. The fourth-order valence-corrected chi connectivity index (χ4v) is 7.43. The number of aromatic nitrogens is 1. The Morgan fingerprint density at radius 2 is 1.44 bits per heavy atom. The zero-order valence-corrected chi connectivity index (χ0v) is 36.0. The summed E-state index contributed by atoms with van der Waals surface area (Å²) in [6.07, 6.45) is 0.647. The van der Waals surface area contributed by atoms with E-state index in [1.807, 2.05) is 74.5 Å². The van der Waals surface area contributed by atoms with E-state index in [9.17, 15) is 23.6 Å². The number of hydrogen-bond donors (Lipinski definition) is 0. The van der Waals surface area contributed by atoms with E-state index < -0.39 is 17.5 Å². The first-order valence-corrected chi connectivity index (χ1v) is 21.0. The Balaban J connectivity index is 0.000000641. The molecule has 0 unspecified atom stereocenters. The van der Waals surface area contributed by atoms with Gasteiger partial charge in [-0.1, -0.05) is 86.6 Å². The number of hydrogen-bond acceptors (Lipinski definition) is 6. The predicted octanol–water partition coefficient (Wildman–Crippen LogP) is 9.75. The number of fused-ring (bicyclic) bond motifs is 1. The van der Waals surface area contributed by atoms with E-state index in [0.717, 1.165) is 55.1 Å². The van der Waals surface area contributed by atoms with Crippen LogP contribution in [0, 0.1) is 29.9 Å². The quantitative estimate of drug-likeness (QED) is 0.144. The molecule has 0 bridgehead atoms. The normalized spacial score (nSPS) is 13.4. The van der Waals surface area contributed by atoms with Crippen molar-refractivity contribution in [2.45, 2.75) is 46.9 Å². The summed E-state index contributed by atoms with van der Waals surface area (Å²) in [4.78, 5) is 34.2. The van der Waals surface area contributed by atoms with E-state index in [4.69, 9.17) is 9.47 Å². The molecule has 11 heteroatoms. The number of likely N-dealkylation sites (N-methyl/N-ethyl adjacent to an activating group) is 1. The first-order chi connectivity index (χ1) is 30.1. The number of carbonyl (C=O) groups is 2. The average Bonchev–Trinajstić information content (AvgIpc) is 3.61. The summed E-state index contributed by atoms with van der Waals surface area (Å²) >= 11 is 0. The Morgan fingerprint density at radius 3 is 2.11 bits per heavy atom. The number of anilines is 1. The van der Waals surface area contributed by atoms with Gasteiger partial charge in [-0.05, 0) is 91.2 Å². The highest BCUT2D eigenvalue weighted by Crippen LogP contribution is 2.34. The molecule has 3 heterocycles. The van der Waals surface area contributed by atoms with Gasteiger partial charge in [0.05, 0.1) is 42.5 Å². The van der Waals surface area contributed by atoms with E-state index in [1.165, 1.54) is 0 Å². The maximum atomic E-state index is 15.0. The number of ether oxygens (including phenoxy) is 2. The van der Waals surface area contributed by atoms with Crippen molar-refractivity contribution in [3.05, 3.63) is 178 Å². The third-order valence-electron chi connectivity index (χ3n) is 11.1. The van der Waals surface area contributed by atoms with Crippen molar-refractivity contribution >= 4 is 17.5 Å². The van der Waals surface area contributed by atoms with Crippen molar-refractivity contribution in [3.63, 3.8) is 0 Å². The SMILES string of the molecule is CC.CN1CCOCC1.Cc1c(C(=O)N(Cc2ccccc2C#N)c2ccc(OCc3ccccc3)cc2)cc(-c2cc(F)c(F)cc2C(=O)N2CCc3ccccc3C2)n1C. The van der Waals surface area contributed by atoms with Crippen LogP contribution in [0.4, 0.5) is 14.5 Å². The summed E-state index contributed by atoms with van der Waals surface area (Å²) in [5.74, 6) is -2.41. The van der Waals surface area contributed by atoms with E-state index in [2.05, 4.69) is 18.0 Å². The molecule has 0 atom stereocenters. The van der Waals surface area contributed by atoms with E-state index in [-0.39, 0.29) is 23.6 Å². The van der Waals surface area contributed by atoms with Gasteiger partial charge in [-0.3, -0.25) is 9.59 Å². The molecule has 2 aliphatic rings. The topological polar surface area (TPSA) is 91.0 Å². The zero-order chi connectivity index (χ0) is 44.2. The molecule has 0 saturated carbocycles. The van der Waals surface area contributed by atoms with Crippen molar-refractivity contribution in [1.82, 2.24) is 14.4 Å². The zero-order valence-electron chi connectivity index (χ0n) is 36.0. The lowest BCUT2D eigenvalue weighted by atomic mass is 9.97. The van der Waals surface area contributed by atoms with Gasteiger partial charge < -0.3 is 28.7 Å². The van der Waals surface area contributed by atoms with Crippen LogP contribution in [-0.2, 0) is 37.9 Å². The molecule has 2 amide bonds. The summed E-state index contributed by atoms with van der Waals surface area (Å²) < 4.78 is 42.6. The molecule has 0 radical (unpaired) electrons. The monoisotopic (exact) mass is 837 g/mol. The van der Waals surface area contributed by atoms with E-state index >= 15 is 0 Å². The molecule has 62 heavy (non-hydrogen) atoms. The minimum atomic E-state index is -1.13. The van der Waals surface area contributed by atoms with E-state index in [1.54, 1.807) is 76.9 Å². The minimum absolute atomic E-state index is 0.00813. The van der Waals surface area contributed by atoms with Crippen molar-refractivity contribution in [1.29, 1.82) is 5.26 Å². The van der Waals surface area contributed by atoms with Crippen molar-refractivity contribution < 1.29 is 27.8 Å². The summed E-state index contributed by atoms with van der Waals surface area (Å²) in [6, 6.07) is 37.7. The number of amides is 2. The Morgan fingerprint density at radius 1 is 0.790 bits per heavy atom. The van der Waals surface area contributed by atoms with Crippen LogP contribution in [0.3, 0.4) is 0 Å². The van der Waals surface area contributed by atoms with Gasteiger partial charge in [0, 0.05) is 55.9 Å². The molecule has 8 rings (SSSR count). The number of benzene rings is 5. The highest BCUT2D eigenvalue weighted by Gasteiger charge is 2.29. The third-order valence-corrected chi connectivity index (χ3v) is 11.1. The molecular weight excluding hydrogens is 785 g/mol. The molecule has 0 aliphatic carbocycles. The van der Waals surface area contributed by atoms with Gasteiger partial charge >= 0.3 is 0 Å². The van der Waals surface area contributed by atoms with Gasteiger partial charge in [-0.2, -0.15) is 5.26 Å².